The number of hydrogen-bond donors (Lipinski definition) is 0. The van der Waals surface area contributed by atoms with E-state index in [-0.39, 0.29) is 17.5 Å². The molecule has 27 heavy (non-hydrogen) atoms. The quantitative estimate of drug-likeness (QED) is 0.642. The Hall–Kier alpha value is -3.23. The maximum absolute atomic E-state index is 13.0. The summed E-state index contributed by atoms with van der Waals surface area (Å²) in [5.41, 5.74) is -0.124. The number of fused-ring (bicyclic) bond motifs is 1. The number of likely N-dealkylation sites (tertiary alicyclic amines) is 1. The number of hydrogen-bond acceptors (Lipinski definition) is 5. The van der Waals surface area contributed by atoms with Crippen LogP contribution < -0.4 is 11.2 Å². The molecule has 0 N–H and O–H groups in total. The van der Waals surface area contributed by atoms with Gasteiger partial charge in [-0.25, -0.2) is 4.79 Å². The lowest BCUT2D eigenvalue weighted by molar-refractivity contribution is 0.0692. The first kappa shape index (κ1) is 17.2. The molecule has 3 aromatic heterocycles. The van der Waals surface area contributed by atoms with Crippen molar-refractivity contribution in [2.45, 2.75) is 18.8 Å². The molecule has 1 aliphatic rings. The van der Waals surface area contributed by atoms with E-state index in [9.17, 15) is 14.4 Å². The average molecular weight is 368 g/mol. The number of rotatable bonds is 2. The molecule has 0 unspecified atom stereocenters. The Kier molecular flexibility index (Phi) is 4.14. The van der Waals surface area contributed by atoms with Crippen molar-refractivity contribution in [3.05, 3.63) is 62.8 Å². The molecule has 9 nitrogen and oxygen atoms in total. The lowest BCUT2D eigenvalue weighted by atomic mass is 9.97. The molecular weight excluding hydrogens is 348 g/mol. The number of carbonyl (C=O) groups is 1. The summed E-state index contributed by atoms with van der Waals surface area (Å²) in [5, 5.41) is 8.50. The van der Waals surface area contributed by atoms with Crippen LogP contribution in [0.2, 0.25) is 0 Å². The number of aromatic nitrogens is 5. The van der Waals surface area contributed by atoms with Crippen LogP contribution in [0, 0.1) is 0 Å². The summed E-state index contributed by atoms with van der Waals surface area (Å²) in [7, 11) is 2.90. The first-order valence-electron chi connectivity index (χ1n) is 8.83. The highest BCUT2D eigenvalue weighted by molar-refractivity contribution is 5.92. The van der Waals surface area contributed by atoms with Crippen LogP contribution in [0.15, 0.2) is 40.1 Å². The minimum Gasteiger partial charge on any atom is -0.337 e. The van der Waals surface area contributed by atoms with Crippen LogP contribution in [-0.4, -0.2) is 47.6 Å². The molecule has 9 heteroatoms. The first-order chi connectivity index (χ1) is 13.0. The van der Waals surface area contributed by atoms with Gasteiger partial charge in [-0.3, -0.25) is 23.1 Å². The third-order valence-corrected chi connectivity index (χ3v) is 5.16. The Morgan fingerprint density at radius 1 is 1.15 bits per heavy atom. The van der Waals surface area contributed by atoms with E-state index in [2.05, 4.69) is 10.2 Å². The topological polar surface area (TPSA) is 94.5 Å². The van der Waals surface area contributed by atoms with Gasteiger partial charge in [0.25, 0.3) is 11.5 Å². The number of pyridine rings is 1. The van der Waals surface area contributed by atoms with Crippen LogP contribution in [0.3, 0.4) is 0 Å². The third kappa shape index (κ3) is 2.84. The van der Waals surface area contributed by atoms with Crippen LogP contribution in [0.5, 0.6) is 0 Å². The molecule has 1 saturated heterocycles. The number of carbonyl (C=O) groups excluding carboxylic acids is 1. The Morgan fingerprint density at radius 2 is 1.96 bits per heavy atom. The van der Waals surface area contributed by atoms with E-state index < -0.39 is 11.2 Å². The lowest BCUT2D eigenvalue weighted by Gasteiger charge is -2.32. The van der Waals surface area contributed by atoms with Gasteiger partial charge in [0.15, 0.2) is 5.65 Å². The van der Waals surface area contributed by atoms with E-state index in [4.69, 9.17) is 0 Å². The smallest absolute Gasteiger partial charge is 0.331 e. The SMILES string of the molecule is Cn1c(C(=O)N2CCC[C@H](c3nnc4ccccn34)C2)cc(=O)n(C)c1=O. The van der Waals surface area contributed by atoms with Gasteiger partial charge in [-0.2, -0.15) is 0 Å². The summed E-state index contributed by atoms with van der Waals surface area (Å²) in [4.78, 5) is 38.8. The minimum atomic E-state index is -0.511. The second-order valence-corrected chi connectivity index (χ2v) is 6.85. The van der Waals surface area contributed by atoms with Crippen molar-refractivity contribution in [3.8, 4) is 0 Å². The molecule has 1 atom stereocenters. The first-order valence-corrected chi connectivity index (χ1v) is 8.83. The summed E-state index contributed by atoms with van der Waals surface area (Å²) in [6, 6.07) is 6.93. The van der Waals surface area contributed by atoms with Gasteiger partial charge >= 0.3 is 5.69 Å². The molecule has 1 fully saturated rings. The number of nitrogens with zero attached hydrogens (tertiary/aromatic N) is 6. The molecule has 0 aromatic carbocycles. The zero-order chi connectivity index (χ0) is 19.1. The van der Waals surface area contributed by atoms with Gasteiger partial charge in [0.05, 0.1) is 0 Å². The molecule has 0 bridgehead atoms. The third-order valence-electron chi connectivity index (χ3n) is 5.16. The molecule has 0 aliphatic carbocycles. The predicted molar refractivity (Wildman–Crippen MR) is 97.8 cm³/mol. The Morgan fingerprint density at radius 3 is 2.78 bits per heavy atom. The second kappa shape index (κ2) is 6.49. The largest absolute Gasteiger partial charge is 0.337 e. The van der Waals surface area contributed by atoms with Crippen LogP contribution in [-0.2, 0) is 14.1 Å². The van der Waals surface area contributed by atoms with E-state index in [0.29, 0.717) is 13.1 Å². The van der Waals surface area contributed by atoms with Crippen LogP contribution in [0.1, 0.15) is 35.1 Å². The zero-order valence-corrected chi connectivity index (χ0v) is 15.2. The van der Waals surface area contributed by atoms with E-state index >= 15 is 0 Å². The average Bonchev–Trinajstić information content (AvgIpc) is 3.13. The molecular formula is C18H20N6O3. The van der Waals surface area contributed by atoms with Crippen molar-refractivity contribution in [2.75, 3.05) is 13.1 Å². The molecule has 140 valence electrons. The summed E-state index contributed by atoms with van der Waals surface area (Å²) < 4.78 is 4.14. The van der Waals surface area contributed by atoms with Crippen molar-refractivity contribution in [1.82, 2.24) is 28.6 Å². The van der Waals surface area contributed by atoms with Crippen LogP contribution >= 0.6 is 0 Å². The minimum absolute atomic E-state index is 0.0451. The molecule has 4 rings (SSSR count). The van der Waals surface area contributed by atoms with Crippen LogP contribution in [0.4, 0.5) is 0 Å². The molecule has 4 heterocycles. The predicted octanol–water partition coefficient (Wildman–Crippen LogP) is 0.147. The maximum atomic E-state index is 13.0. The van der Waals surface area contributed by atoms with Crippen LogP contribution in [0.25, 0.3) is 5.65 Å². The second-order valence-electron chi connectivity index (χ2n) is 6.85. The van der Waals surface area contributed by atoms with Crippen molar-refractivity contribution in [1.29, 1.82) is 0 Å². The van der Waals surface area contributed by atoms with Gasteiger partial charge in [0.2, 0.25) is 0 Å². The highest BCUT2D eigenvalue weighted by Gasteiger charge is 2.29. The maximum Gasteiger partial charge on any atom is 0.331 e. The van der Waals surface area contributed by atoms with Crippen molar-refractivity contribution >= 4 is 11.6 Å². The lowest BCUT2D eigenvalue weighted by Crippen LogP contribution is -2.45. The fourth-order valence-corrected chi connectivity index (χ4v) is 3.61. The van der Waals surface area contributed by atoms with Gasteiger partial charge < -0.3 is 4.90 Å². The van der Waals surface area contributed by atoms with E-state index in [1.54, 1.807) is 4.90 Å². The molecule has 3 aromatic rings. The molecule has 0 spiro atoms. The fraction of sp³-hybridized carbons (Fsp3) is 0.389. The van der Waals surface area contributed by atoms with E-state index in [1.807, 2.05) is 28.8 Å². The van der Waals surface area contributed by atoms with Crippen molar-refractivity contribution < 1.29 is 4.79 Å². The monoisotopic (exact) mass is 368 g/mol. The summed E-state index contributed by atoms with van der Waals surface area (Å²) in [6.45, 7) is 1.05. The summed E-state index contributed by atoms with van der Waals surface area (Å²) >= 11 is 0. The normalized spacial score (nSPS) is 17.4. The van der Waals surface area contributed by atoms with Gasteiger partial charge in [0.1, 0.15) is 11.5 Å². The fourth-order valence-electron chi connectivity index (χ4n) is 3.61. The Bertz CT molecular complexity index is 1140. The molecule has 0 saturated carbocycles. The van der Waals surface area contributed by atoms with Crippen molar-refractivity contribution in [2.24, 2.45) is 14.1 Å². The Labute approximate surface area is 154 Å². The number of piperidine rings is 1. The van der Waals surface area contributed by atoms with Crippen molar-refractivity contribution in [3.63, 3.8) is 0 Å². The highest BCUT2D eigenvalue weighted by atomic mass is 16.2. The molecule has 1 aliphatic heterocycles. The van der Waals surface area contributed by atoms with E-state index in [0.717, 1.165) is 28.9 Å². The zero-order valence-electron chi connectivity index (χ0n) is 15.2. The van der Waals surface area contributed by atoms with Gasteiger partial charge in [-0.15, -0.1) is 10.2 Å². The number of amides is 1. The highest BCUT2D eigenvalue weighted by Crippen LogP contribution is 2.26. The standard InChI is InChI=1S/C18H20N6O3/c1-21-13(10-15(25)22(2)18(21)27)17(26)23-8-5-6-12(11-23)16-20-19-14-7-3-4-9-24(14)16/h3-4,7,9-10,12H,5-6,8,11H2,1-2H3/t12-/m0/s1. The Balaban J connectivity index is 1.65. The van der Waals surface area contributed by atoms with Gasteiger partial charge in [-0.1, -0.05) is 6.07 Å². The van der Waals surface area contributed by atoms with E-state index in [1.165, 1.54) is 24.7 Å². The van der Waals surface area contributed by atoms with Gasteiger partial charge in [-0.05, 0) is 25.0 Å². The molecule has 0 radical (unpaired) electrons. The van der Waals surface area contributed by atoms with Gasteiger partial charge in [0, 0.05) is 45.4 Å². The summed E-state index contributed by atoms with van der Waals surface area (Å²) in [6.07, 6.45) is 3.63. The summed E-state index contributed by atoms with van der Waals surface area (Å²) in [5.74, 6) is 0.551. The molecule has 1 amide bonds.